The Bertz CT molecular complexity index is 1220. The number of nitriles is 1. The first kappa shape index (κ1) is 21.0. The molecule has 3 heterocycles. The van der Waals surface area contributed by atoms with E-state index >= 15 is 0 Å². The highest BCUT2D eigenvalue weighted by atomic mass is 16.4. The minimum absolute atomic E-state index is 0.0155. The number of carbonyl (C=O) groups excluding carboxylic acids is 1. The third-order valence-electron chi connectivity index (χ3n) is 5.55. The molecule has 2 N–H and O–H groups in total. The van der Waals surface area contributed by atoms with E-state index in [2.05, 4.69) is 21.4 Å². The maximum Gasteiger partial charge on any atom is 0.354 e. The van der Waals surface area contributed by atoms with E-state index in [4.69, 9.17) is 10.4 Å². The van der Waals surface area contributed by atoms with Gasteiger partial charge in [-0.05, 0) is 54.8 Å². The van der Waals surface area contributed by atoms with Crippen molar-refractivity contribution in [1.82, 2.24) is 9.97 Å². The van der Waals surface area contributed by atoms with E-state index in [0.29, 0.717) is 17.8 Å². The Morgan fingerprint density at radius 3 is 2.50 bits per heavy atom. The number of carboxylic acids is 1. The summed E-state index contributed by atoms with van der Waals surface area (Å²) in [6, 6.07) is 14.4. The normalized spacial score (nSPS) is 17.2. The van der Waals surface area contributed by atoms with Crippen LogP contribution in [0.2, 0.25) is 0 Å². The molecule has 32 heavy (non-hydrogen) atoms. The molecule has 2 aromatic heterocycles. The number of pyridine rings is 2. The Kier molecular flexibility index (Phi) is 5.56. The number of rotatable bonds is 4. The number of carbonyl (C=O) groups is 2. The molecule has 1 aliphatic heterocycles. The van der Waals surface area contributed by atoms with Crippen LogP contribution in [0.1, 0.15) is 47.9 Å². The molecule has 3 aromatic rings. The molecule has 2 unspecified atom stereocenters. The molecule has 0 aliphatic carbocycles. The number of benzene rings is 1. The van der Waals surface area contributed by atoms with Crippen LogP contribution in [0.4, 0.5) is 11.5 Å². The monoisotopic (exact) mass is 427 g/mol. The molecule has 1 aliphatic rings. The first-order valence-electron chi connectivity index (χ1n) is 10.1. The number of hydrogen-bond donors (Lipinski definition) is 2. The Morgan fingerprint density at radius 1 is 1.12 bits per heavy atom. The first-order chi connectivity index (χ1) is 15.4. The number of fused-ring (bicyclic) bond motifs is 1. The van der Waals surface area contributed by atoms with Crippen LogP contribution in [0, 0.1) is 11.3 Å². The lowest BCUT2D eigenvalue weighted by Crippen LogP contribution is -2.43. The molecular weight excluding hydrogens is 406 g/mol. The molecule has 0 spiro atoms. The van der Waals surface area contributed by atoms with Gasteiger partial charge < -0.3 is 15.3 Å². The van der Waals surface area contributed by atoms with Crippen LogP contribution in [-0.2, 0) is 4.79 Å². The highest BCUT2D eigenvalue weighted by Gasteiger charge is 2.32. The van der Waals surface area contributed by atoms with Gasteiger partial charge in [0.15, 0.2) is 0 Å². The second-order valence-corrected chi connectivity index (χ2v) is 7.73. The molecule has 0 radical (unpaired) electrons. The molecule has 0 saturated heterocycles. The second-order valence-electron chi connectivity index (χ2n) is 7.73. The van der Waals surface area contributed by atoms with Gasteiger partial charge in [0.05, 0.1) is 11.6 Å². The molecule has 2 atom stereocenters. The third kappa shape index (κ3) is 4.01. The molecule has 1 amide bonds. The number of nitrogens with zero attached hydrogens (tertiary/aromatic N) is 4. The van der Waals surface area contributed by atoms with Crippen LogP contribution in [-0.4, -0.2) is 33.0 Å². The molecule has 8 nitrogen and oxygen atoms in total. The fraction of sp³-hybridized carbons (Fsp3) is 0.208. The van der Waals surface area contributed by atoms with E-state index in [1.54, 1.807) is 30.0 Å². The Labute approximate surface area is 185 Å². The van der Waals surface area contributed by atoms with Crippen LogP contribution in [0.15, 0.2) is 54.9 Å². The van der Waals surface area contributed by atoms with Crippen molar-refractivity contribution in [3.8, 4) is 17.2 Å². The van der Waals surface area contributed by atoms with Gasteiger partial charge >= 0.3 is 5.97 Å². The van der Waals surface area contributed by atoms with Crippen molar-refractivity contribution in [2.24, 2.45) is 0 Å². The molecular formula is C24H21N5O3. The zero-order chi connectivity index (χ0) is 22.8. The van der Waals surface area contributed by atoms with E-state index < -0.39 is 5.97 Å². The molecule has 0 saturated carbocycles. The van der Waals surface area contributed by atoms with Crippen molar-refractivity contribution in [3.63, 3.8) is 0 Å². The number of carboxylic acid groups (broad SMARTS) is 1. The predicted octanol–water partition coefficient (Wildman–Crippen LogP) is 4.01. The Morgan fingerprint density at radius 2 is 1.91 bits per heavy atom. The standard InChI is InChI=1S/C24H21N5O3/c1-14-9-21(28-23-8-3-16(11-25)12-27-23)19-10-17(5-7-22(19)29(14)15(2)30)18-4-6-20(24(31)32)26-13-18/h3-8,10,12-14,21H,9H2,1-2H3,(H,27,28)(H,31,32). The molecule has 160 valence electrons. The number of amides is 1. The zero-order valence-electron chi connectivity index (χ0n) is 17.6. The Balaban J connectivity index is 1.74. The maximum absolute atomic E-state index is 12.4. The number of hydrogen-bond acceptors (Lipinski definition) is 6. The van der Waals surface area contributed by atoms with Crippen molar-refractivity contribution in [2.75, 3.05) is 10.2 Å². The summed E-state index contributed by atoms with van der Waals surface area (Å²) in [5.74, 6) is -0.470. The van der Waals surface area contributed by atoms with Crippen molar-refractivity contribution in [2.45, 2.75) is 32.4 Å². The van der Waals surface area contributed by atoms with Gasteiger partial charge in [0, 0.05) is 36.6 Å². The summed E-state index contributed by atoms with van der Waals surface area (Å²) in [6.45, 7) is 3.56. The van der Waals surface area contributed by atoms with Gasteiger partial charge in [-0.15, -0.1) is 0 Å². The maximum atomic E-state index is 12.4. The molecule has 0 bridgehead atoms. The summed E-state index contributed by atoms with van der Waals surface area (Å²) >= 11 is 0. The highest BCUT2D eigenvalue weighted by Crippen LogP contribution is 2.40. The van der Waals surface area contributed by atoms with E-state index in [1.165, 1.54) is 18.5 Å². The molecule has 0 fully saturated rings. The van der Waals surface area contributed by atoms with Crippen LogP contribution >= 0.6 is 0 Å². The largest absolute Gasteiger partial charge is 0.477 e. The van der Waals surface area contributed by atoms with Gasteiger partial charge in [0.2, 0.25) is 5.91 Å². The lowest BCUT2D eigenvalue weighted by atomic mass is 9.89. The topological polar surface area (TPSA) is 119 Å². The van der Waals surface area contributed by atoms with Gasteiger partial charge in [-0.25, -0.2) is 14.8 Å². The minimum Gasteiger partial charge on any atom is -0.477 e. The van der Waals surface area contributed by atoms with Crippen LogP contribution in [0.25, 0.3) is 11.1 Å². The highest BCUT2D eigenvalue weighted by molar-refractivity contribution is 5.94. The van der Waals surface area contributed by atoms with Crippen LogP contribution in [0.5, 0.6) is 0 Å². The second kappa shape index (κ2) is 8.47. The van der Waals surface area contributed by atoms with Crippen LogP contribution in [0.3, 0.4) is 0 Å². The SMILES string of the molecule is CC(=O)N1c2ccc(-c3ccc(C(=O)O)nc3)cc2C(Nc2ccc(C#N)cn2)CC1C. The van der Waals surface area contributed by atoms with Crippen molar-refractivity contribution < 1.29 is 14.7 Å². The summed E-state index contributed by atoms with van der Waals surface area (Å²) in [7, 11) is 0. The summed E-state index contributed by atoms with van der Waals surface area (Å²) in [6.07, 6.45) is 3.72. The van der Waals surface area contributed by atoms with Gasteiger partial charge in [0.25, 0.3) is 0 Å². The fourth-order valence-corrected chi connectivity index (χ4v) is 4.08. The quantitative estimate of drug-likeness (QED) is 0.645. The average molecular weight is 427 g/mol. The number of aromatic nitrogens is 2. The first-order valence-corrected chi connectivity index (χ1v) is 10.1. The summed E-state index contributed by atoms with van der Waals surface area (Å²) < 4.78 is 0. The number of nitrogens with one attached hydrogen (secondary N) is 1. The van der Waals surface area contributed by atoms with Crippen molar-refractivity contribution >= 4 is 23.4 Å². The van der Waals surface area contributed by atoms with E-state index in [1.807, 2.05) is 25.1 Å². The smallest absolute Gasteiger partial charge is 0.354 e. The van der Waals surface area contributed by atoms with Crippen molar-refractivity contribution in [1.29, 1.82) is 5.26 Å². The Hall–Kier alpha value is -4.25. The zero-order valence-corrected chi connectivity index (χ0v) is 17.6. The van der Waals surface area contributed by atoms with Gasteiger partial charge in [-0.2, -0.15) is 5.26 Å². The van der Waals surface area contributed by atoms with E-state index in [9.17, 15) is 9.59 Å². The lowest BCUT2D eigenvalue weighted by molar-refractivity contribution is -0.117. The molecule has 8 heteroatoms. The predicted molar refractivity (Wildman–Crippen MR) is 119 cm³/mol. The van der Waals surface area contributed by atoms with Gasteiger partial charge in [0.1, 0.15) is 17.6 Å². The lowest BCUT2D eigenvalue weighted by Gasteiger charge is -2.39. The minimum atomic E-state index is -1.08. The summed E-state index contributed by atoms with van der Waals surface area (Å²) in [5.41, 5.74) is 3.86. The van der Waals surface area contributed by atoms with E-state index in [-0.39, 0.29) is 23.7 Å². The number of anilines is 2. The summed E-state index contributed by atoms with van der Waals surface area (Å²) in [5, 5.41) is 21.5. The van der Waals surface area contributed by atoms with Gasteiger partial charge in [-0.3, -0.25) is 4.79 Å². The summed E-state index contributed by atoms with van der Waals surface area (Å²) in [4.78, 5) is 33.6. The van der Waals surface area contributed by atoms with Crippen LogP contribution < -0.4 is 10.2 Å². The average Bonchev–Trinajstić information content (AvgIpc) is 2.79. The van der Waals surface area contributed by atoms with Gasteiger partial charge in [-0.1, -0.05) is 12.1 Å². The van der Waals surface area contributed by atoms with Crippen molar-refractivity contribution in [3.05, 3.63) is 71.7 Å². The van der Waals surface area contributed by atoms with E-state index in [0.717, 1.165) is 22.4 Å². The molecule has 1 aromatic carbocycles. The number of aromatic carboxylic acids is 1. The third-order valence-corrected chi connectivity index (χ3v) is 5.55. The fourth-order valence-electron chi connectivity index (χ4n) is 4.08. The molecule has 4 rings (SSSR count).